The van der Waals surface area contributed by atoms with Gasteiger partial charge in [-0.15, -0.1) is 11.3 Å². The van der Waals surface area contributed by atoms with Gasteiger partial charge < -0.3 is 9.26 Å². The van der Waals surface area contributed by atoms with Crippen LogP contribution in [-0.4, -0.2) is 17.3 Å². The quantitative estimate of drug-likeness (QED) is 0.708. The molecule has 0 N–H and O–H groups in total. The minimum Gasteiger partial charge on any atom is -0.497 e. The summed E-state index contributed by atoms with van der Waals surface area (Å²) >= 11 is 7.77. The molecule has 21 heavy (non-hydrogen) atoms. The maximum atomic E-state index is 6.23. The topological polar surface area (TPSA) is 48.2 Å². The molecular weight excluding hydrogens is 308 g/mol. The van der Waals surface area contributed by atoms with Gasteiger partial charge in [-0.2, -0.15) is 4.98 Å². The normalized spacial score (nSPS) is 11.6. The Labute approximate surface area is 130 Å². The van der Waals surface area contributed by atoms with E-state index in [4.69, 9.17) is 20.9 Å². The molecule has 0 saturated carbocycles. The van der Waals surface area contributed by atoms with E-state index in [2.05, 4.69) is 10.1 Å². The molecule has 2 heterocycles. The third-order valence-corrected chi connectivity index (χ3v) is 3.92. The Hall–Kier alpha value is -2.11. The fourth-order valence-electron chi connectivity index (χ4n) is 1.73. The lowest BCUT2D eigenvalue weighted by Gasteiger charge is -1.99. The predicted octanol–water partition coefficient (Wildman–Crippen LogP) is 4.54. The second-order valence-corrected chi connectivity index (χ2v) is 5.52. The summed E-state index contributed by atoms with van der Waals surface area (Å²) in [5.41, 5.74) is 0.927. The van der Waals surface area contributed by atoms with Gasteiger partial charge in [0.25, 0.3) is 5.89 Å². The number of thiophene rings is 1. The molecule has 0 unspecified atom stereocenters. The fourth-order valence-corrected chi connectivity index (χ4v) is 2.59. The SMILES string of the molecule is COc1ccc(/C=C(\Cl)c2nc(-c3cccs3)no2)cc1. The number of halogens is 1. The summed E-state index contributed by atoms with van der Waals surface area (Å²) in [6, 6.07) is 11.4. The van der Waals surface area contributed by atoms with Gasteiger partial charge in [0.1, 0.15) is 10.8 Å². The van der Waals surface area contributed by atoms with E-state index in [0.29, 0.717) is 16.7 Å². The van der Waals surface area contributed by atoms with Crippen molar-refractivity contribution in [1.82, 2.24) is 10.1 Å². The van der Waals surface area contributed by atoms with Crippen molar-refractivity contribution in [2.45, 2.75) is 0 Å². The molecule has 0 atom stereocenters. The van der Waals surface area contributed by atoms with Crippen LogP contribution in [0.4, 0.5) is 0 Å². The van der Waals surface area contributed by atoms with Crippen LogP contribution in [0.5, 0.6) is 5.75 Å². The number of hydrogen-bond donors (Lipinski definition) is 0. The Kier molecular flexibility index (Phi) is 4.03. The molecule has 0 spiro atoms. The van der Waals surface area contributed by atoms with E-state index >= 15 is 0 Å². The van der Waals surface area contributed by atoms with Gasteiger partial charge in [-0.3, -0.25) is 0 Å². The molecule has 0 saturated heterocycles. The molecule has 1 aromatic carbocycles. The number of nitrogens with zero attached hydrogens (tertiary/aromatic N) is 2. The molecule has 3 rings (SSSR count). The minimum absolute atomic E-state index is 0.302. The zero-order valence-electron chi connectivity index (χ0n) is 11.1. The van der Waals surface area contributed by atoms with E-state index in [-0.39, 0.29) is 0 Å². The van der Waals surface area contributed by atoms with Crippen LogP contribution in [0.25, 0.3) is 21.8 Å². The van der Waals surface area contributed by atoms with Gasteiger partial charge in [0, 0.05) is 0 Å². The molecule has 0 radical (unpaired) electrons. The number of aromatic nitrogens is 2. The van der Waals surface area contributed by atoms with Crippen LogP contribution in [0.2, 0.25) is 0 Å². The highest BCUT2D eigenvalue weighted by Crippen LogP contribution is 2.26. The van der Waals surface area contributed by atoms with Crippen LogP contribution >= 0.6 is 22.9 Å². The molecule has 0 aliphatic rings. The highest BCUT2D eigenvalue weighted by Gasteiger charge is 2.12. The average Bonchev–Trinajstić information content (AvgIpc) is 3.19. The van der Waals surface area contributed by atoms with Crippen molar-refractivity contribution in [3.05, 3.63) is 53.2 Å². The smallest absolute Gasteiger partial charge is 0.269 e. The highest BCUT2D eigenvalue weighted by atomic mass is 35.5. The monoisotopic (exact) mass is 318 g/mol. The summed E-state index contributed by atoms with van der Waals surface area (Å²) in [4.78, 5) is 5.23. The standard InChI is InChI=1S/C15H11ClN2O2S/c1-19-11-6-4-10(5-7-11)9-12(16)15-17-14(18-20-15)13-3-2-8-21-13/h2-9H,1H3/b12-9-. The molecule has 3 aromatic rings. The molecule has 0 aliphatic carbocycles. The first kappa shape index (κ1) is 13.9. The zero-order valence-corrected chi connectivity index (χ0v) is 12.7. The first-order valence-electron chi connectivity index (χ1n) is 6.15. The summed E-state index contributed by atoms with van der Waals surface area (Å²) in [5.74, 6) is 1.64. The van der Waals surface area contributed by atoms with Gasteiger partial charge in [0.15, 0.2) is 0 Å². The van der Waals surface area contributed by atoms with Gasteiger partial charge in [0.05, 0.1) is 12.0 Å². The molecule has 2 aromatic heterocycles. The van der Waals surface area contributed by atoms with Crippen molar-refractivity contribution in [2.24, 2.45) is 0 Å². The lowest BCUT2D eigenvalue weighted by atomic mass is 10.2. The Bertz CT molecular complexity index is 748. The lowest BCUT2D eigenvalue weighted by Crippen LogP contribution is -1.82. The first-order valence-corrected chi connectivity index (χ1v) is 7.41. The Morgan fingerprint density at radius 3 is 2.76 bits per heavy atom. The largest absolute Gasteiger partial charge is 0.497 e. The van der Waals surface area contributed by atoms with Gasteiger partial charge >= 0.3 is 0 Å². The molecule has 0 aliphatic heterocycles. The van der Waals surface area contributed by atoms with Crippen LogP contribution in [0.3, 0.4) is 0 Å². The number of rotatable bonds is 4. The predicted molar refractivity (Wildman–Crippen MR) is 84.3 cm³/mol. The molecule has 0 fully saturated rings. The number of hydrogen-bond acceptors (Lipinski definition) is 5. The zero-order chi connectivity index (χ0) is 14.7. The van der Waals surface area contributed by atoms with E-state index in [0.717, 1.165) is 16.2 Å². The maximum absolute atomic E-state index is 6.23. The molecule has 4 nitrogen and oxygen atoms in total. The highest BCUT2D eigenvalue weighted by molar-refractivity contribution is 7.13. The summed E-state index contributed by atoms with van der Waals surface area (Å²) in [5, 5.41) is 6.28. The second-order valence-electron chi connectivity index (χ2n) is 4.17. The van der Waals surface area contributed by atoms with Gasteiger partial charge in [-0.1, -0.05) is 35.0 Å². The number of methoxy groups -OCH3 is 1. The van der Waals surface area contributed by atoms with Crippen LogP contribution < -0.4 is 4.74 Å². The molecule has 106 valence electrons. The third-order valence-electron chi connectivity index (χ3n) is 2.78. The van der Waals surface area contributed by atoms with E-state index < -0.39 is 0 Å². The van der Waals surface area contributed by atoms with E-state index in [1.54, 1.807) is 24.5 Å². The Balaban J connectivity index is 1.84. The number of ether oxygens (including phenoxy) is 1. The maximum Gasteiger partial charge on any atom is 0.269 e. The summed E-state index contributed by atoms with van der Waals surface area (Å²) in [6.07, 6.45) is 1.77. The van der Waals surface area contributed by atoms with E-state index in [1.165, 1.54) is 0 Å². The Morgan fingerprint density at radius 2 is 2.10 bits per heavy atom. The third kappa shape index (κ3) is 3.15. The van der Waals surface area contributed by atoms with Gasteiger partial charge in [-0.25, -0.2) is 0 Å². The second kappa shape index (κ2) is 6.11. The summed E-state index contributed by atoms with van der Waals surface area (Å²) < 4.78 is 10.3. The summed E-state index contributed by atoms with van der Waals surface area (Å²) in [7, 11) is 1.63. The molecule has 6 heteroatoms. The van der Waals surface area contributed by atoms with Crippen LogP contribution in [0.15, 0.2) is 46.3 Å². The van der Waals surface area contributed by atoms with Crippen LogP contribution in [0, 0.1) is 0 Å². The lowest BCUT2D eigenvalue weighted by molar-refractivity contribution is 0.410. The minimum atomic E-state index is 0.302. The molecule has 0 amide bonds. The van der Waals surface area contributed by atoms with Crippen LogP contribution in [-0.2, 0) is 0 Å². The van der Waals surface area contributed by atoms with Crippen molar-refractivity contribution < 1.29 is 9.26 Å². The average molecular weight is 319 g/mol. The number of benzene rings is 1. The van der Waals surface area contributed by atoms with E-state index in [9.17, 15) is 0 Å². The van der Waals surface area contributed by atoms with E-state index in [1.807, 2.05) is 41.8 Å². The van der Waals surface area contributed by atoms with Crippen molar-refractivity contribution in [3.8, 4) is 16.5 Å². The van der Waals surface area contributed by atoms with Crippen molar-refractivity contribution in [3.63, 3.8) is 0 Å². The summed E-state index contributed by atoms with van der Waals surface area (Å²) in [6.45, 7) is 0. The van der Waals surface area contributed by atoms with Crippen molar-refractivity contribution >= 4 is 34.0 Å². The van der Waals surface area contributed by atoms with Gasteiger partial charge in [0.2, 0.25) is 5.82 Å². The fraction of sp³-hybridized carbons (Fsp3) is 0.0667. The van der Waals surface area contributed by atoms with Gasteiger partial charge in [-0.05, 0) is 35.2 Å². The first-order chi connectivity index (χ1) is 10.3. The van der Waals surface area contributed by atoms with Crippen molar-refractivity contribution in [1.29, 1.82) is 0 Å². The Morgan fingerprint density at radius 1 is 1.29 bits per heavy atom. The van der Waals surface area contributed by atoms with Crippen molar-refractivity contribution in [2.75, 3.05) is 7.11 Å². The van der Waals surface area contributed by atoms with Crippen LogP contribution in [0.1, 0.15) is 11.5 Å². The molecule has 0 bridgehead atoms. The molecular formula is C15H11ClN2O2S.